The van der Waals surface area contributed by atoms with E-state index < -0.39 is 0 Å². The lowest BCUT2D eigenvalue weighted by Gasteiger charge is -2.29. The highest BCUT2D eigenvalue weighted by Crippen LogP contribution is 2.28. The summed E-state index contributed by atoms with van der Waals surface area (Å²) < 4.78 is 10.8. The minimum atomic E-state index is -0.152. The van der Waals surface area contributed by atoms with E-state index in [0.29, 0.717) is 44.8 Å². The molecule has 0 bridgehead atoms. The number of nitrogens with zero attached hydrogens (tertiary/aromatic N) is 2. The smallest absolute Gasteiger partial charge is 0.257 e. The van der Waals surface area contributed by atoms with Crippen LogP contribution in [0.2, 0.25) is 0 Å². The molecule has 2 aliphatic heterocycles. The summed E-state index contributed by atoms with van der Waals surface area (Å²) in [5, 5.41) is 0. The molecule has 0 N–H and O–H groups in total. The molecule has 2 aliphatic rings. The Bertz CT molecular complexity index is 787. The van der Waals surface area contributed by atoms with Crippen molar-refractivity contribution < 1.29 is 18.7 Å². The Balaban J connectivity index is 1.38. The molecule has 6 heteroatoms. The van der Waals surface area contributed by atoms with Gasteiger partial charge in [0.1, 0.15) is 18.6 Å². The molecule has 6 nitrogen and oxygen atoms in total. The Morgan fingerprint density at radius 3 is 2.65 bits per heavy atom. The van der Waals surface area contributed by atoms with Crippen molar-refractivity contribution in [3.8, 4) is 5.75 Å². The number of rotatable bonds is 2. The molecule has 1 aromatic heterocycles. The highest BCUT2D eigenvalue weighted by molar-refractivity contribution is 5.93. The lowest BCUT2D eigenvalue weighted by molar-refractivity contribution is -0.136. The Morgan fingerprint density at radius 1 is 1.00 bits per heavy atom. The largest absolute Gasteiger partial charge is 0.492 e. The summed E-state index contributed by atoms with van der Waals surface area (Å²) in [5.41, 5.74) is 1.64. The molecular weight excluding hydrogens is 332 g/mol. The number of fused-ring (bicyclic) bond motifs is 1. The van der Waals surface area contributed by atoms with E-state index in [2.05, 4.69) is 0 Å². The predicted octanol–water partition coefficient (Wildman–Crippen LogP) is 2.21. The maximum Gasteiger partial charge on any atom is 0.257 e. The number of furan rings is 1. The van der Waals surface area contributed by atoms with E-state index in [0.717, 1.165) is 17.7 Å². The van der Waals surface area contributed by atoms with E-state index in [9.17, 15) is 9.59 Å². The van der Waals surface area contributed by atoms with E-state index in [1.807, 2.05) is 29.2 Å². The van der Waals surface area contributed by atoms with Crippen molar-refractivity contribution in [2.75, 3.05) is 32.8 Å². The van der Waals surface area contributed by atoms with Gasteiger partial charge in [0, 0.05) is 26.2 Å². The fraction of sp³-hybridized carbons (Fsp3) is 0.400. The summed E-state index contributed by atoms with van der Waals surface area (Å²) in [5.74, 6) is 0.811. The maximum atomic E-state index is 12.9. The van der Waals surface area contributed by atoms with Crippen LogP contribution in [0.3, 0.4) is 0 Å². The van der Waals surface area contributed by atoms with Crippen molar-refractivity contribution >= 4 is 11.8 Å². The van der Waals surface area contributed by atoms with Crippen LogP contribution in [0.15, 0.2) is 47.3 Å². The summed E-state index contributed by atoms with van der Waals surface area (Å²) in [6.45, 7) is 2.84. The Morgan fingerprint density at radius 2 is 1.81 bits per heavy atom. The fourth-order valence-corrected chi connectivity index (χ4v) is 3.65. The number of carbonyl (C=O) groups excluding carboxylic acids is 2. The fourth-order valence-electron chi connectivity index (χ4n) is 3.65. The molecule has 0 aliphatic carbocycles. The maximum absolute atomic E-state index is 12.9. The van der Waals surface area contributed by atoms with Crippen LogP contribution in [0.1, 0.15) is 22.3 Å². The second-order valence-corrected chi connectivity index (χ2v) is 6.80. The van der Waals surface area contributed by atoms with Gasteiger partial charge in [-0.2, -0.15) is 0 Å². The van der Waals surface area contributed by atoms with Crippen LogP contribution >= 0.6 is 0 Å². The van der Waals surface area contributed by atoms with Gasteiger partial charge in [-0.25, -0.2) is 0 Å². The Hall–Kier alpha value is -2.76. The van der Waals surface area contributed by atoms with Gasteiger partial charge in [0.05, 0.1) is 17.7 Å². The summed E-state index contributed by atoms with van der Waals surface area (Å²) >= 11 is 0. The number of ether oxygens (including phenoxy) is 1. The molecule has 2 amide bonds. The first-order chi connectivity index (χ1) is 12.7. The second-order valence-electron chi connectivity index (χ2n) is 6.80. The number of benzene rings is 1. The lowest BCUT2D eigenvalue weighted by atomic mass is 9.95. The van der Waals surface area contributed by atoms with Crippen LogP contribution in [0, 0.1) is 5.92 Å². The normalized spacial score (nSPS) is 20.1. The van der Waals surface area contributed by atoms with Gasteiger partial charge in [0.2, 0.25) is 5.91 Å². The predicted molar refractivity (Wildman–Crippen MR) is 94.9 cm³/mol. The average molecular weight is 354 g/mol. The summed E-state index contributed by atoms with van der Waals surface area (Å²) in [4.78, 5) is 29.1. The zero-order valence-corrected chi connectivity index (χ0v) is 14.6. The first-order valence-electron chi connectivity index (χ1n) is 9.03. The molecule has 4 rings (SSSR count). The molecule has 0 unspecified atom stereocenters. The van der Waals surface area contributed by atoms with Gasteiger partial charge in [-0.3, -0.25) is 9.59 Å². The first-order valence-corrected chi connectivity index (χ1v) is 9.03. The monoisotopic (exact) mass is 354 g/mol. The number of hydrogen-bond acceptors (Lipinski definition) is 4. The van der Waals surface area contributed by atoms with E-state index in [1.165, 1.54) is 12.5 Å². The molecule has 136 valence electrons. The summed E-state index contributed by atoms with van der Waals surface area (Å²) in [7, 11) is 0. The van der Waals surface area contributed by atoms with Gasteiger partial charge in [0.25, 0.3) is 5.91 Å². The second kappa shape index (κ2) is 7.23. The van der Waals surface area contributed by atoms with E-state index >= 15 is 0 Å². The summed E-state index contributed by atoms with van der Waals surface area (Å²) in [6.07, 6.45) is 4.46. The van der Waals surface area contributed by atoms with Gasteiger partial charge < -0.3 is 19.0 Å². The third-order valence-corrected chi connectivity index (χ3v) is 5.09. The molecule has 3 heterocycles. The molecule has 26 heavy (non-hydrogen) atoms. The van der Waals surface area contributed by atoms with Gasteiger partial charge in [0.15, 0.2) is 0 Å². The topological polar surface area (TPSA) is 63.0 Å². The van der Waals surface area contributed by atoms with Gasteiger partial charge in [-0.05, 0) is 30.5 Å². The number of para-hydroxylation sites is 1. The third-order valence-electron chi connectivity index (χ3n) is 5.09. The minimum Gasteiger partial charge on any atom is -0.492 e. The van der Waals surface area contributed by atoms with Gasteiger partial charge in [-0.15, -0.1) is 0 Å². The quantitative estimate of drug-likeness (QED) is 0.829. The Kier molecular flexibility index (Phi) is 4.65. The standard InChI is InChI=1S/C20H22N2O4/c23-19(16-6-11-25-13-16)21-7-3-8-22(10-9-21)20(24)17-12-15-4-1-2-5-18(15)26-14-17/h1-2,4-6,11,13,17H,3,7-10,12,14H2/t17-/m1/s1. The molecule has 1 fully saturated rings. The lowest BCUT2D eigenvalue weighted by Crippen LogP contribution is -2.43. The van der Waals surface area contributed by atoms with E-state index in [4.69, 9.17) is 9.15 Å². The molecule has 0 spiro atoms. The van der Waals surface area contributed by atoms with Crippen molar-refractivity contribution in [3.05, 3.63) is 54.0 Å². The molecule has 2 aromatic rings. The number of hydrogen-bond donors (Lipinski definition) is 0. The highest BCUT2D eigenvalue weighted by Gasteiger charge is 2.31. The van der Waals surface area contributed by atoms with Crippen LogP contribution in [0.5, 0.6) is 5.75 Å². The van der Waals surface area contributed by atoms with Crippen molar-refractivity contribution in [1.29, 1.82) is 0 Å². The number of amides is 2. The van der Waals surface area contributed by atoms with Crippen molar-refractivity contribution in [2.24, 2.45) is 5.92 Å². The van der Waals surface area contributed by atoms with Crippen molar-refractivity contribution in [1.82, 2.24) is 9.80 Å². The molecule has 1 aromatic carbocycles. The van der Waals surface area contributed by atoms with Crippen LogP contribution in [0.25, 0.3) is 0 Å². The minimum absolute atomic E-state index is 0.0389. The van der Waals surface area contributed by atoms with Gasteiger partial charge >= 0.3 is 0 Å². The van der Waals surface area contributed by atoms with Crippen LogP contribution in [0.4, 0.5) is 0 Å². The molecular formula is C20H22N2O4. The molecule has 1 saturated heterocycles. The SMILES string of the molecule is O=C(c1ccoc1)N1CCCN(C(=O)[C@H]2COc3ccccc3C2)CC1. The molecule has 0 saturated carbocycles. The Labute approximate surface area is 152 Å². The van der Waals surface area contributed by atoms with Crippen LogP contribution in [-0.2, 0) is 11.2 Å². The van der Waals surface area contributed by atoms with E-state index in [-0.39, 0.29) is 17.7 Å². The highest BCUT2D eigenvalue weighted by atomic mass is 16.5. The van der Waals surface area contributed by atoms with Crippen LogP contribution < -0.4 is 4.74 Å². The molecule has 1 atom stereocenters. The van der Waals surface area contributed by atoms with E-state index in [1.54, 1.807) is 11.0 Å². The average Bonchev–Trinajstić information content (AvgIpc) is 3.11. The van der Waals surface area contributed by atoms with Crippen LogP contribution in [-0.4, -0.2) is 54.4 Å². The molecule has 0 radical (unpaired) electrons. The first kappa shape index (κ1) is 16.7. The third kappa shape index (κ3) is 3.31. The zero-order chi connectivity index (χ0) is 17.9. The van der Waals surface area contributed by atoms with Gasteiger partial charge in [-0.1, -0.05) is 18.2 Å². The van der Waals surface area contributed by atoms with Crippen molar-refractivity contribution in [3.63, 3.8) is 0 Å². The number of carbonyl (C=O) groups is 2. The summed E-state index contributed by atoms with van der Waals surface area (Å²) in [6, 6.07) is 9.55. The van der Waals surface area contributed by atoms with Crippen molar-refractivity contribution in [2.45, 2.75) is 12.8 Å². The zero-order valence-electron chi connectivity index (χ0n) is 14.6.